The third-order valence-electron chi connectivity index (χ3n) is 9.53. The zero-order chi connectivity index (χ0) is 18.8. The maximum atomic E-state index is 11.3. The van der Waals surface area contributed by atoms with Crippen LogP contribution in [0.5, 0.6) is 0 Å². The van der Waals surface area contributed by atoms with Gasteiger partial charge in [-0.25, -0.2) is 0 Å². The highest BCUT2D eigenvalue weighted by Gasteiger charge is 2.60. The second kappa shape index (κ2) is 6.20. The molecule has 1 heterocycles. The van der Waals surface area contributed by atoms with E-state index in [1.54, 1.807) is 0 Å². The molecule has 3 heteroatoms. The lowest BCUT2D eigenvalue weighted by Crippen LogP contribution is -2.53. The first-order valence-electron chi connectivity index (χ1n) is 11.3. The topological polar surface area (TPSA) is 38.0 Å². The van der Waals surface area contributed by atoms with E-state index in [0.29, 0.717) is 11.3 Å². The lowest BCUT2D eigenvalue weighted by Gasteiger charge is -2.60. The standard InChI is InChI=1S/C24H36N2O/c1-23-10-5-4-6-18(23)7-8-19-20(23)9-11-24(2)21(19)13-17(22(24)27)12-16-14-25-26(3)15-16/h12,14-15,18-22,27H,4-11,13H2,1-3H3/b17-12-/t18-,19-,20+,21+,22+,23+,24+/m1/s1. The third-order valence-corrected chi connectivity index (χ3v) is 9.53. The fourth-order valence-electron chi connectivity index (χ4n) is 8.02. The number of fused-ring (bicyclic) bond motifs is 5. The molecular formula is C24H36N2O. The largest absolute Gasteiger partial charge is 0.388 e. The number of aryl methyl sites for hydroxylation is 1. The van der Waals surface area contributed by atoms with Crippen LogP contribution < -0.4 is 0 Å². The van der Waals surface area contributed by atoms with Gasteiger partial charge in [-0.05, 0) is 79.6 Å². The number of hydrogen-bond donors (Lipinski definition) is 1. The molecule has 7 atom stereocenters. The highest BCUT2D eigenvalue weighted by molar-refractivity contribution is 5.54. The molecule has 0 bridgehead atoms. The summed E-state index contributed by atoms with van der Waals surface area (Å²) >= 11 is 0. The second-order valence-corrected chi connectivity index (χ2v) is 10.7. The van der Waals surface area contributed by atoms with E-state index in [2.05, 4.69) is 31.2 Å². The Morgan fingerprint density at radius 2 is 1.93 bits per heavy atom. The Labute approximate surface area is 164 Å². The minimum absolute atomic E-state index is 0.0765. The number of rotatable bonds is 1. The molecule has 1 N–H and O–H groups in total. The average molecular weight is 369 g/mol. The van der Waals surface area contributed by atoms with Crippen molar-refractivity contribution in [2.45, 2.75) is 77.7 Å². The summed E-state index contributed by atoms with van der Waals surface area (Å²) in [6.45, 7) is 5.02. The molecule has 5 rings (SSSR count). The summed E-state index contributed by atoms with van der Waals surface area (Å²) in [5.74, 6) is 3.33. The molecule has 0 saturated heterocycles. The first-order valence-corrected chi connectivity index (χ1v) is 11.3. The molecule has 0 spiro atoms. The lowest BCUT2D eigenvalue weighted by atomic mass is 9.45. The number of aliphatic hydroxyl groups excluding tert-OH is 1. The van der Waals surface area contributed by atoms with Crippen LogP contribution >= 0.6 is 0 Å². The van der Waals surface area contributed by atoms with Crippen LogP contribution in [0, 0.1) is 34.5 Å². The van der Waals surface area contributed by atoms with E-state index in [1.807, 2.05) is 17.9 Å². The van der Waals surface area contributed by atoms with Crippen LogP contribution in [0.4, 0.5) is 0 Å². The minimum Gasteiger partial charge on any atom is -0.388 e. The van der Waals surface area contributed by atoms with Crippen molar-refractivity contribution in [2.75, 3.05) is 0 Å². The second-order valence-electron chi connectivity index (χ2n) is 10.7. The summed E-state index contributed by atoms with van der Waals surface area (Å²) in [6.07, 6.45) is 18.2. The van der Waals surface area contributed by atoms with E-state index in [-0.39, 0.29) is 11.5 Å². The first kappa shape index (κ1) is 18.0. The molecule has 4 saturated carbocycles. The summed E-state index contributed by atoms with van der Waals surface area (Å²) in [6, 6.07) is 0. The van der Waals surface area contributed by atoms with Crippen LogP contribution in [0.25, 0.3) is 6.08 Å². The Hall–Kier alpha value is -1.09. The summed E-state index contributed by atoms with van der Waals surface area (Å²) in [4.78, 5) is 0. The number of hydrogen-bond acceptors (Lipinski definition) is 2. The van der Waals surface area contributed by atoms with Crippen LogP contribution in [0.1, 0.15) is 77.2 Å². The molecule has 27 heavy (non-hydrogen) atoms. The van der Waals surface area contributed by atoms with E-state index in [1.165, 1.54) is 56.9 Å². The van der Waals surface area contributed by atoms with E-state index in [4.69, 9.17) is 0 Å². The van der Waals surface area contributed by atoms with E-state index in [9.17, 15) is 5.11 Å². The maximum Gasteiger partial charge on any atom is 0.0809 e. The van der Waals surface area contributed by atoms with Gasteiger partial charge >= 0.3 is 0 Å². The quantitative estimate of drug-likeness (QED) is 0.739. The minimum atomic E-state index is -0.277. The van der Waals surface area contributed by atoms with Crippen LogP contribution in [0.2, 0.25) is 0 Å². The van der Waals surface area contributed by atoms with Crippen molar-refractivity contribution < 1.29 is 5.11 Å². The third kappa shape index (κ3) is 2.60. The number of aromatic nitrogens is 2. The van der Waals surface area contributed by atoms with Crippen molar-refractivity contribution >= 4 is 6.08 Å². The van der Waals surface area contributed by atoms with Gasteiger partial charge in [-0.15, -0.1) is 0 Å². The van der Waals surface area contributed by atoms with Crippen molar-refractivity contribution in [3.05, 3.63) is 23.5 Å². The van der Waals surface area contributed by atoms with Gasteiger partial charge in [0.2, 0.25) is 0 Å². The lowest BCUT2D eigenvalue weighted by molar-refractivity contribution is -0.119. The average Bonchev–Trinajstić information content (AvgIpc) is 3.16. The van der Waals surface area contributed by atoms with Gasteiger partial charge in [0, 0.05) is 24.2 Å². The normalized spacial score (nSPS) is 48.1. The van der Waals surface area contributed by atoms with Gasteiger partial charge in [-0.2, -0.15) is 5.10 Å². The van der Waals surface area contributed by atoms with E-state index >= 15 is 0 Å². The summed E-state index contributed by atoms with van der Waals surface area (Å²) in [5, 5.41) is 15.6. The molecule has 0 radical (unpaired) electrons. The molecule has 4 aliphatic carbocycles. The molecule has 0 amide bonds. The molecule has 3 nitrogen and oxygen atoms in total. The van der Waals surface area contributed by atoms with Crippen molar-refractivity contribution in [3.8, 4) is 0 Å². The number of nitrogens with zero attached hydrogens (tertiary/aromatic N) is 2. The van der Waals surface area contributed by atoms with Crippen LogP contribution in [-0.4, -0.2) is 21.0 Å². The maximum absolute atomic E-state index is 11.3. The molecule has 0 aliphatic heterocycles. The van der Waals surface area contributed by atoms with Gasteiger partial charge in [0.15, 0.2) is 0 Å². The number of aliphatic hydroxyl groups is 1. The van der Waals surface area contributed by atoms with Crippen LogP contribution in [0.15, 0.2) is 18.0 Å². The van der Waals surface area contributed by atoms with Crippen LogP contribution in [-0.2, 0) is 7.05 Å². The summed E-state index contributed by atoms with van der Waals surface area (Å²) < 4.78 is 1.85. The molecule has 0 unspecified atom stereocenters. The molecular weight excluding hydrogens is 332 g/mol. The Morgan fingerprint density at radius 3 is 2.70 bits per heavy atom. The predicted octanol–water partition coefficient (Wildman–Crippen LogP) is 5.21. The first-order chi connectivity index (χ1) is 12.9. The monoisotopic (exact) mass is 368 g/mol. The summed E-state index contributed by atoms with van der Waals surface area (Å²) in [5.41, 5.74) is 3.04. The van der Waals surface area contributed by atoms with Gasteiger partial charge in [0.1, 0.15) is 0 Å². The Bertz CT molecular complexity index is 751. The Balaban J connectivity index is 1.45. The summed E-state index contributed by atoms with van der Waals surface area (Å²) in [7, 11) is 1.96. The fourth-order valence-corrected chi connectivity index (χ4v) is 8.02. The van der Waals surface area contributed by atoms with Gasteiger partial charge in [0.25, 0.3) is 0 Å². The van der Waals surface area contributed by atoms with E-state index < -0.39 is 0 Å². The van der Waals surface area contributed by atoms with Crippen molar-refractivity contribution in [1.29, 1.82) is 0 Å². The molecule has 148 valence electrons. The zero-order valence-corrected chi connectivity index (χ0v) is 17.3. The Kier molecular flexibility index (Phi) is 4.13. The van der Waals surface area contributed by atoms with Crippen LogP contribution in [0.3, 0.4) is 0 Å². The van der Waals surface area contributed by atoms with E-state index in [0.717, 1.165) is 29.7 Å². The molecule has 0 aromatic carbocycles. The highest BCUT2D eigenvalue weighted by Crippen LogP contribution is 2.66. The van der Waals surface area contributed by atoms with Crippen molar-refractivity contribution in [3.63, 3.8) is 0 Å². The van der Waals surface area contributed by atoms with Gasteiger partial charge in [0.05, 0.1) is 12.3 Å². The zero-order valence-electron chi connectivity index (χ0n) is 17.3. The molecule has 1 aromatic rings. The molecule has 4 fully saturated rings. The molecule has 4 aliphatic rings. The fraction of sp³-hybridized carbons (Fsp3) is 0.792. The van der Waals surface area contributed by atoms with Gasteiger partial charge < -0.3 is 5.11 Å². The smallest absolute Gasteiger partial charge is 0.0809 e. The SMILES string of the molecule is Cn1cc(/C=C2/C[C@H]3[C@@H]4CC[C@H]5CCCC[C@]5(C)[C@H]4CC[C@]3(C)[C@H]2O)cn1. The predicted molar refractivity (Wildman–Crippen MR) is 109 cm³/mol. The molecule has 1 aromatic heterocycles. The van der Waals surface area contributed by atoms with Gasteiger partial charge in [-0.1, -0.05) is 32.8 Å². The van der Waals surface area contributed by atoms with Gasteiger partial charge in [-0.3, -0.25) is 4.68 Å². The van der Waals surface area contributed by atoms with Crippen molar-refractivity contribution in [2.24, 2.45) is 41.5 Å². The van der Waals surface area contributed by atoms with Crippen molar-refractivity contribution in [1.82, 2.24) is 9.78 Å². The Morgan fingerprint density at radius 1 is 1.07 bits per heavy atom. The highest BCUT2D eigenvalue weighted by atomic mass is 16.3.